The average Bonchev–Trinajstić information content (AvgIpc) is 2.81. The Labute approximate surface area is 237 Å². The first-order valence-electron chi connectivity index (χ1n) is 12.7. The Morgan fingerprint density at radius 1 is 0.925 bits per heavy atom. The molecule has 1 amide bonds. The summed E-state index contributed by atoms with van der Waals surface area (Å²) in [7, 11) is 0. The maximum atomic E-state index is 14.0. The molecule has 0 saturated carbocycles. The van der Waals surface area contributed by atoms with E-state index in [9.17, 15) is 27.9 Å². The second-order valence-corrected chi connectivity index (χ2v) is 12.3. The van der Waals surface area contributed by atoms with Crippen LogP contribution in [0.2, 0.25) is 0 Å². The van der Waals surface area contributed by atoms with Crippen LogP contribution < -0.4 is 10.1 Å². The van der Waals surface area contributed by atoms with E-state index in [1.54, 1.807) is 71.9 Å². The molecule has 0 aliphatic rings. The van der Waals surface area contributed by atoms with Crippen LogP contribution in [0, 0.1) is 0 Å². The molecule has 0 fully saturated rings. The largest absolute Gasteiger partial charge is 0.458 e. The number of para-hydroxylation sites is 1. The number of carbonyl (C=O) groups is 2. The Balaban J connectivity index is 2.02. The van der Waals surface area contributed by atoms with Gasteiger partial charge < -0.3 is 24.6 Å². The van der Waals surface area contributed by atoms with Crippen LogP contribution in [0.1, 0.15) is 60.1 Å². The van der Waals surface area contributed by atoms with Gasteiger partial charge in [-0.05, 0) is 90.2 Å². The van der Waals surface area contributed by atoms with Crippen molar-refractivity contribution in [1.29, 1.82) is 0 Å². The Bertz CT molecular complexity index is 1100. The lowest BCUT2D eigenvalue weighted by Crippen LogP contribution is -2.46. The fraction of sp³-hybridized carbons (Fsp3) is 0.536. The van der Waals surface area contributed by atoms with Crippen LogP contribution in [0.15, 0.2) is 48.7 Å². The third kappa shape index (κ3) is 10.9. The van der Waals surface area contributed by atoms with Gasteiger partial charge in [0.25, 0.3) is 0 Å². The number of aromatic nitrogens is 1. The van der Waals surface area contributed by atoms with Crippen molar-refractivity contribution in [2.24, 2.45) is 0 Å². The molecule has 0 saturated heterocycles. The molecule has 1 heterocycles. The average molecular weight is 587 g/mol. The standard InChI is InChI=1S/C28H37F3N2O6S/c1-25(2,3)38-23(34)21(33-24(35)39-26(4,5)6)14-16-40-17-15-27(36,28(29,30)31)22-13-12-20(18-32-22)37-19-10-8-7-9-11-19/h7-13,18,21,36H,14-17H2,1-6H3,(H,33,35). The maximum Gasteiger partial charge on any atom is 0.423 e. The molecule has 8 nitrogen and oxygen atoms in total. The summed E-state index contributed by atoms with van der Waals surface area (Å²) in [6, 6.07) is 10.0. The minimum Gasteiger partial charge on any atom is -0.458 e. The van der Waals surface area contributed by atoms with Gasteiger partial charge in [-0.1, -0.05) is 18.2 Å². The molecule has 0 bridgehead atoms. The van der Waals surface area contributed by atoms with Gasteiger partial charge in [-0.25, -0.2) is 9.59 Å². The Kier molecular flexibility index (Phi) is 11.3. The molecule has 2 aromatic rings. The normalized spacial score (nSPS) is 14.6. The highest BCUT2D eigenvalue weighted by Crippen LogP contribution is 2.42. The van der Waals surface area contributed by atoms with Crippen molar-refractivity contribution in [3.05, 3.63) is 54.4 Å². The Hall–Kier alpha value is -2.99. The molecule has 0 aliphatic heterocycles. The second-order valence-electron chi connectivity index (χ2n) is 11.0. The highest BCUT2D eigenvalue weighted by Gasteiger charge is 2.55. The number of rotatable bonds is 11. The minimum absolute atomic E-state index is 0.0764. The zero-order chi connectivity index (χ0) is 30.2. The van der Waals surface area contributed by atoms with Crippen LogP contribution in [0.5, 0.6) is 11.5 Å². The molecule has 40 heavy (non-hydrogen) atoms. The highest BCUT2D eigenvalue weighted by atomic mass is 32.2. The van der Waals surface area contributed by atoms with E-state index < -0.39 is 53.2 Å². The number of nitrogens with zero attached hydrogens (tertiary/aromatic N) is 1. The Morgan fingerprint density at radius 2 is 1.55 bits per heavy atom. The molecule has 222 valence electrons. The van der Waals surface area contributed by atoms with Crippen molar-refractivity contribution in [1.82, 2.24) is 10.3 Å². The Morgan fingerprint density at radius 3 is 2.08 bits per heavy atom. The van der Waals surface area contributed by atoms with Crippen molar-refractivity contribution < 1.29 is 42.1 Å². The van der Waals surface area contributed by atoms with Crippen molar-refractivity contribution in [3.8, 4) is 11.5 Å². The van der Waals surface area contributed by atoms with Crippen molar-refractivity contribution >= 4 is 23.8 Å². The number of alkyl halides is 3. The number of thioether (sulfide) groups is 1. The van der Waals surface area contributed by atoms with Crippen LogP contribution in [0.4, 0.5) is 18.0 Å². The van der Waals surface area contributed by atoms with Gasteiger partial charge in [0.2, 0.25) is 5.60 Å². The molecule has 1 aromatic carbocycles. The van der Waals surface area contributed by atoms with Gasteiger partial charge in [0.1, 0.15) is 28.7 Å². The molecular weight excluding hydrogens is 549 g/mol. The third-order valence-electron chi connectivity index (χ3n) is 5.15. The predicted octanol–water partition coefficient (Wildman–Crippen LogP) is 6.37. The van der Waals surface area contributed by atoms with Gasteiger partial charge in [0.05, 0.1) is 11.9 Å². The number of amides is 1. The number of pyridine rings is 1. The zero-order valence-electron chi connectivity index (χ0n) is 23.5. The quantitative estimate of drug-likeness (QED) is 0.231. The number of hydrogen-bond acceptors (Lipinski definition) is 8. The van der Waals surface area contributed by atoms with Gasteiger partial charge in [0, 0.05) is 0 Å². The number of benzene rings is 1. The molecule has 12 heteroatoms. The van der Waals surface area contributed by atoms with Gasteiger partial charge in [-0.15, -0.1) is 0 Å². The van der Waals surface area contributed by atoms with E-state index in [-0.39, 0.29) is 23.7 Å². The summed E-state index contributed by atoms with van der Waals surface area (Å²) in [5.74, 6) is 0.121. The summed E-state index contributed by atoms with van der Waals surface area (Å²) in [5, 5.41) is 13.1. The van der Waals surface area contributed by atoms with Crippen LogP contribution in [-0.2, 0) is 19.9 Å². The molecule has 1 aromatic heterocycles. The lowest BCUT2D eigenvalue weighted by atomic mass is 9.95. The van der Waals surface area contributed by atoms with Gasteiger partial charge >= 0.3 is 18.2 Å². The first-order valence-corrected chi connectivity index (χ1v) is 13.8. The maximum absolute atomic E-state index is 14.0. The number of hydrogen-bond donors (Lipinski definition) is 2. The molecule has 0 aliphatic carbocycles. The van der Waals surface area contributed by atoms with E-state index in [0.717, 1.165) is 24.0 Å². The van der Waals surface area contributed by atoms with E-state index in [2.05, 4.69) is 10.3 Å². The molecule has 0 radical (unpaired) electrons. The van der Waals surface area contributed by atoms with Crippen LogP contribution >= 0.6 is 11.8 Å². The zero-order valence-corrected chi connectivity index (χ0v) is 24.3. The smallest absolute Gasteiger partial charge is 0.423 e. The topological polar surface area (TPSA) is 107 Å². The number of ether oxygens (including phenoxy) is 3. The van der Waals surface area contributed by atoms with Crippen molar-refractivity contribution in [2.75, 3.05) is 11.5 Å². The number of alkyl carbamates (subject to hydrolysis) is 1. The summed E-state index contributed by atoms with van der Waals surface area (Å²) < 4.78 is 58.0. The molecule has 2 unspecified atom stereocenters. The number of esters is 1. The summed E-state index contributed by atoms with van der Waals surface area (Å²) in [5.41, 5.74) is -5.35. The van der Waals surface area contributed by atoms with Crippen molar-refractivity contribution in [3.63, 3.8) is 0 Å². The summed E-state index contributed by atoms with van der Waals surface area (Å²) in [6.45, 7) is 10.0. The monoisotopic (exact) mass is 586 g/mol. The fourth-order valence-corrected chi connectivity index (χ4v) is 4.37. The van der Waals surface area contributed by atoms with E-state index in [1.165, 1.54) is 6.07 Å². The predicted molar refractivity (Wildman–Crippen MR) is 146 cm³/mol. The SMILES string of the molecule is CC(C)(C)OC(=O)NC(CCSCCC(O)(c1ccc(Oc2ccccc2)cn1)C(F)(F)F)C(=O)OC(C)(C)C. The molecule has 2 N–H and O–H groups in total. The number of halogens is 3. The minimum atomic E-state index is -4.99. The van der Waals surface area contributed by atoms with E-state index in [1.807, 2.05) is 0 Å². The first-order chi connectivity index (χ1) is 18.4. The molecule has 2 atom stereocenters. The molecule has 0 spiro atoms. The summed E-state index contributed by atoms with van der Waals surface area (Å²) in [6.07, 6.45) is -5.28. The van der Waals surface area contributed by atoms with Gasteiger partial charge in [-0.2, -0.15) is 24.9 Å². The lowest BCUT2D eigenvalue weighted by Gasteiger charge is -2.30. The molecule has 2 rings (SSSR count). The lowest BCUT2D eigenvalue weighted by molar-refractivity contribution is -0.268. The summed E-state index contributed by atoms with van der Waals surface area (Å²) >= 11 is 1.09. The van der Waals surface area contributed by atoms with E-state index >= 15 is 0 Å². The fourth-order valence-electron chi connectivity index (χ4n) is 3.32. The number of nitrogens with one attached hydrogen (secondary N) is 1. The van der Waals surface area contributed by atoms with Crippen LogP contribution in [0.25, 0.3) is 0 Å². The first kappa shape index (κ1) is 33.2. The van der Waals surface area contributed by atoms with Gasteiger partial charge in [0.15, 0.2) is 0 Å². The van der Waals surface area contributed by atoms with Crippen molar-refractivity contribution in [2.45, 2.75) is 83.4 Å². The number of carbonyl (C=O) groups excluding carboxylic acids is 2. The number of aliphatic hydroxyl groups is 1. The van der Waals surface area contributed by atoms with Crippen LogP contribution in [0.3, 0.4) is 0 Å². The highest BCUT2D eigenvalue weighted by molar-refractivity contribution is 7.99. The van der Waals surface area contributed by atoms with Crippen LogP contribution in [-0.4, -0.2) is 57.1 Å². The molecular formula is C28H37F3N2O6S. The third-order valence-corrected chi connectivity index (χ3v) is 6.17. The summed E-state index contributed by atoms with van der Waals surface area (Å²) in [4.78, 5) is 28.7. The van der Waals surface area contributed by atoms with E-state index in [0.29, 0.717) is 5.75 Å². The van der Waals surface area contributed by atoms with E-state index in [4.69, 9.17) is 14.2 Å². The van der Waals surface area contributed by atoms with Gasteiger partial charge in [-0.3, -0.25) is 4.98 Å². The second kappa shape index (κ2) is 13.6.